The summed E-state index contributed by atoms with van der Waals surface area (Å²) in [6.45, 7) is 3.78. The van der Waals surface area contributed by atoms with Crippen molar-refractivity contribution in [3.63, 3.8) is 0 Å². The number of benzene rings is 1. The average molecular weight is 348 g/mol. The number of Topliss-reactive ketones (excluding diaryl/α,β-unsaturated/α-hetero) is 1. The molecule has 0 radical (unpaired) electrons. The fourth-order valence-electron chi connectivity index (χ4n) is 5.08. The fourth-order valence-corrected chi connectivity index (χ4v) is 5.08. The lowest BCUT2D eigenvalue weighted by atomic mass is 9.67. The molecule has 1 aromatic rings. The summed E-state index contributed by atoms with van der Waals surface area (Å²) in [6.07, 6.45) is 8.97. The van der Waals surface area contributed by atoms with E-state index in [2.05, 4.69) is 6.92 Å². The van der Waals surface area contributed by atoms with Gasteiger partial charge in [0.05, 0.1) is 0 Å². The smallest absolute Gasteiger partial charge is 0.162 e. The van der Waals surface area contributed by atoms with Crippen LogP contribution in [0.25, 0.3) is 0 Å². The zero-order valence-corrected chi connectivity index (χ0v) is 15.5. The van der Waals surface area contributed by atoms with Crippen LogP contribution in [-0.2, 0) is 4.79 Å². The number of halogens is 2. The van der Waals surface area contributed by atoms with Crippen molar-refractivity contribution in [3.8, 4) is 0 Å². The predicted octanol–water partition coefficient (Wildman–Crippen LogP) is 6.33. The lowest BCUT2D eigenvalue weighted by molar-refractivity contribution is -0.128. The standard InChI is InChI=1S/C22H30F2O/c1-3-4-15-6-12-18(20(25)13-15)16-7-9-17(10-8-16)19-11-5-14(2)21(23)22(19)24/h5,11,15-18H,3-4,6-10,12-13H2,1-2H3. The van der Waals surface area contributed by atoms with Gasteiger partial charge in [-0.25, -0.2) is 8.78 Å². The van der Waals surface area contributed by atoms with Gasteiger partial charge in [-0.3, -0.25) is 4.79 Å². The Kier molecular flexibility index (Phi) is 5.91. The van der Waals surface area contributed by atoms with Crippen LogP contribution in [0.4, 0.5) is 8.78 Å². The van der Waals surface area contributed by atoms with Gasteiger partial charge in [0.2, 0.25) is 0 Å². The van der Waals surface area contributed by atoms with E-state index in [0.717, 1.165) is 44.9 Å². The zero-order chi connectivity index (χ0) is 18.0. The maximum absolute atomic E-state index is 14.2. The Hall–Kier alpha value is -1.25. The van der Waals surface area contributed by atoms with Crippen molar-refractivity contribution >= 4 is 5.78 Å². The van der Waals surface area contributed by atoms with E-state index in [9.17, 15) is 13.6 Å². The third kappa shape index (κ3) is 3.96. The van der Waals surface area contributed by atoms with E-state index in [1.807, 2.05) is 0 Å². The van der Waals surface area contributed by atoms with Crippen LogP contribution in [0.1, 0.15) is 81.8 Å². The highest BCUT2D eigenvalue weighted by Crippen LogP contribution is 2.44. The maximum atomic E-state index is 14.2. The minimum Gasteiger partial charge on any atom is -0.299 e. The van der Waals surface area contributed by atoms with E-state index in [1.54, 1.807) is 19.1 Å². The van der Waals surface area contributed by atoms with E-state index in [-0.39, 0.29) is 11.8 Å². The second kappa shape index (κ2) is 7.97. The Morgan fingerprint density at radius 3 is 2.36 bits per heavy atom. The third-order valence-corrected chi connectivity index (χ3v) is 6.57. The molecule has 138 valence electrons. The summed E-state index contributed by atoms with van der Waals surface area (Å²) in [5.74, 6) is 0.440. The first-order valence-electron chi connectivity index (χ1n) is 9.98. The number of hydrogen-bond acceptors (Lipinski definition) is 1. The minimum absolute atomic E-state index is 0.0953. The summed E-state index contributed by atoms with van der Waals surface area (Å²) in [7, 11) is 0. The van der Waals surface area contributed by atoms with Gasteiger partial charge in [-0.2, -0.15) is 0 Å². The lowest BCUT2D eigenvalue weighted by Crippen LogP contribution is -2.32. The van der Waals surface area contributed by atoms with E-state index in [0.29, 0.717) is 28.7 Å². The number of ketones is 1. The second-order valence-corrected chi connectivity index (χ2v) is 8.22. The van der Waals surface area contributed by atoms with Crippen LogP contribution in [0.3, 0.4) is 0 Å². The molecule has 0 heterocycles. The van der Waals surface area contributed by atoms with Crippen LogP contribution in [0.5, 0.6) is 0 Å². The zero-order valence-electron chi connectivity index (χ0n) is 15.5. The number of carbonyl (C=O) groups is 1. The van der Waals surface area contributed by atoms with Crippen LogP contribution < -0.4 is 0 Å². The van der Waals surface area contributed by atoms with Crippen molar-refractivity contribution in [3.05, 3.63) is 34.9 Å². The quantitative estimate of drug-likeness (QED) is 0.621. The minimum atomic E-state index is -0.705. The van der Waals surface area contributed by atoms with Gasteiger partial charge in [0.1, 0.15) is 5.78 Å². The summed E-state index contributed by atoms with van der Waals surface area (Å²) in [4.78, 5) is 12.6. The first-order chi connectivity index (χ1) is 12.0. The second-order valence-electron chi connectivity index (χ2n) is 8.22. The molecular formula is C22H30F2O. The lowest BCUT2D eigenvalue weighted by Gasteiger charge is -2.37. The van der Waals surface area contributed by atoms with Gasteiger partial charge in [-0.05, 0) is 74.3 Å². The van der Waals surface area contributed by atoms with Gasteiger partial charge in [0, 0.05) is 12.3 Å². The summed E-state index contributed by atoms with van der Waals surface area (Å²) in [6, 6.07) is 3.43. The van der Waals surface area contributed by atoms with E-state index in [4.69, 9.17) is 0 Å². The Labute approximate surface area is 150 Å². The molecule has 2 aliphatic rings. The summed E-state index contributed by atoms with van der Waals surface area (Å²) in [5, 5.41) is 0. The number of rotatable bonds is 4. The van der Waals surface area contributed by atoms with Crippen LogP contribution >= 0.6 is 0 Å². The number of hydrogen-bond donors (Lipinski definition) is 0. The molecule has 0 amide bonds. The largest absolute Gasteiger partial charge is 0.299 e. The molecule has 0 aromatic heterocycles. The predicted molar refractivity (Wildman–Crippen MR) is 96.5 cm³/mol. The van der Waals surface area contributed by atoms with Crippen molar-refractivity contribution < 1.29 is 13.6 Å². The van der Waals surface area contributed by atoms with Crippen LogP contribution in [0.15, 0.2) is 12.1 Å². The highest BCUT2D eigenvalue weighted by molar-refractivity contribution is 5.82. The fraction of sp³-hybridized carbons (Fsp3) is 0.682. The monoisotopic (exact) mass is 348 g/mol. The molecule has 0 aliphatic heterocycles. The molecule has 0 saturated heterocycles. The topological polar surface area (TPSA) is 17.1 Å². The SMILES string of the molecule is CCCC1CCC(C2CCC(c3ccc(C)c(F)c3F)CC2)C(=O)C1. The van der Waals surface area contributed by atoms with Crippen molar-refractivity contribution in [2.75, 3.05) is 0 Å². The van der Waals surface area contributed by atoms with Gasteiger partial charge in [0.15, 0.2) is 11.6 Å². The van der Waals surface area contributed by atoms with Gasteiger partial charge in [0.25, 0.3) is 0 Å². The molecule has 2 unspecified atom stereocenters. The van der Waals surface area contributed by atoms with Gasteiger partial charge >= 0.3 is 0 Å². The van der Waals surface area contributed by atoms with Crippen LogP contribution in [0.2, 0.25) is 0 Å². The average Bonchev–Trinajstić information content (AvgIpc) is 2.61. The van der Waals surface area contributed by atoms with Crippen LogP contribution in [0, 0.1) is 36.3 Å². The molecule has 1 aromatic carbocycles. The maximum Gasteiger partial charge on any atom is 0.162 e. The molecule has 3 rings (SSSR count). The molecule has 0 bridgehead atoms. The molecule has 3 heteroatoms. The Bertz CT molecular complexity index is 617. The first kappa shape index (κ1) is 18.5. The molecule has 0 spiro atoms. The summed E-state index contributed by atoms with van der Waals surface area (Å²) < 4.78 is 28.1. The highest BCUT2D eigenvalue weighted by Gasteiger charge is 2.36. The Morgan fingerprint density at radius 2 is 1.72 bits per heavy atom. The number of aryl methyl sites for hydroxylation is 1. The molecule has 0 N–H and O–H groups in total. The van der Waals surface area contributed by atoms with Crippen LogP contribution in [-0.4, -0.2) is 5.78 Å². The van der Waals surface area contributed by atoms with E-state index >= 15 is 0 Å². The molecule has 2 saturated carbocycles. The Morgan fingerprint density at radius 1 is 1.00 bits per heavy atom. The summed E-state index contributed by atoms with van der Waals surface area (Å²) >= 11 is 0. The van der Waals surface area contributed by atoms with Crippen molar-refractivity contribution in [2.24, 2.45) is 17.8 Å². The van der Waals surface area contributed by atoms with Crippen molar-refractivity contribution in [1.29, 1.82) is 0 Å². The Balaban J connectivity index is 1.59. The summed E-state index contributed by atoms with van der Waals surface area (Å²) in [5.41, 5.74) is 0.893. The molecular weight excluding hydrogens is 318 g/mol. The molecule has 2 atom stereocenters. The van der Waals surface area contributed by atoms with Crippen molar-refractivity contribution in [1.82, 2.24) is 0 Å². The van der Waals surface area contributed by atoms with E-state index in [1.165, 1.54) is 12.8 Å². The molecule has 2 fully saturated rings. The van der Waals surface area contributed by atoms with Gasteiger partial charge in [-0.1, -0.05) is 31.9 Å². The first-order valence-corrected chi connectivity index (χ1v) is 9.98. The molecule has 25 heavy (non-hydrogen) atoms. The third-order valence-electron chi connectivity index (χ3n) is 6.57. The van der Waals surface area contributed by atoms with Gasteiger partial charge < -0.3 is 0 Å². The van der Waals surface area contributed by atoms with Crippen molar-refractivity contribution in [2.45, 2.75) is 77.6 Å². The van der Waals surface area contributed by atoms with Gasteiger partial charge in [-0.15, -0.1) is 0 Å². The molecule has 1 nitrogen and oxygen atoms in total. The van der Waals surface area contributed by atoms with E-state index < -0.39 is 11.6 Å². The molecule has 2 aliphatic carbocycles. The highest BCUT2D eigenvalue weighted by atomic mass is 19.2. The normalized spacial score (nSPS) is 30.5. The number of carbonyl (C=O) groups excluding carboxylic acids is 1.